The molecule has 0 atom stereocenters. The molecule has 1 aliphatic rings. The van der Waals surface area contributed by atoms with E-state index in [-0.39, 0.29) is 34.6 Å². The molecular weight excluding hydrogens is 573 g/mol. The lowest BCUT2D eigenvalue weighted by molar-refractivity contribution is -0.116. The van der Waals surface area contributed by atoms with Gasteiger partial charge in [0.25, 0.3) is 15.9 Å². The molecule has 42 heavy (non-hydrogen) atoms. The van der Waals surface area contributed by atoms with Gasteiger partial charge in [0.1, 0.15) is 4.90 Å². The predicted molar refractivity (Wildman–Crippen MR) is 158 cm³/mol. The Labute approximate surface area is 246 Å². The van der Waals surface area contributed by atoms with E-state index in [0.717, 1.165) is 27.2 Å². The van der Waals surface area contributed by atoms with Crippen LogP contribution in [0.1, 0.15) is 33.8 Å². The van der Waals surface area contributed by atoms with Crippen LogP contribution in [0, 0.1) is 0 Å². The molecule has 0 bridgehead atoms. The van der Waals surface area contributed by atoms with Gasteiger partial charge in [0.15, 0.2) is 0 Å². The van der Waals surface area contributed by atoms with E-state index in [2.05, 4.69) is 20.8 Å². The first-order valence-corrected chi connectivity index (χ1v) is 15.4. The average molecular weight is 597 g/mol. The Hall–Kier alpha value is -4.81. The van der Waals surface area contributed by atoms with Crippen molar-refractivity contribution >= 4 is 39.3 Å². The fourth-order valence-corrected chi connectivity index (χ4v) is 7.44. The lowest BCUT2D eigenvalue weighted by Gasteiger charge is -2.18. The maximum Gasteiger partial charge on any atom is 0.269 e. The number of rotatable bonds is 9. The lowest BCUT2D eigenvalue weighted by Crippen LogP contribution is -2.29. The van der Waals surface area contributed by atoms with E-state index < -0.39 is 15.9 Å². The number of aromatic nitrogens is 4. The van der Waals surface area contributed by atoms with Crippen LogP contribution in [0.3, 0.4) is 0 Å². The number of hydrogen-bond acceptors (Lipinski definition) is 8. The average Bonchev–Trinajstić information content (AvgIpc) is 3.56. The summed E-state index contributed by atoms with van der Waals surface area (Å²) in [4.78, 5) is 26.3. The highest BCUT2D eigenvalue weighted by molar-refractivity contribution is 8.00. The van der Waals surface area contributed by atoms with E-state index in [1.807, 2.05) is 91.0 Å². The summed E-state index contributed by atoms with van der Waals surface area (Å²) >= 11 is 1.02. The van der Waals surface area contributed by atoms with E-state index in [1.54, 1.807) is 0 Å². The third-order valence-corrected chi connectivity index (χ3v) is 9.68. The van der Waals surface area contributed by atoms with Crippen LogP contribution >= 0.6 is 11.8 Å². The van der Waals surface area contributed by atoms with Gasteiger partial charge in [-0.15, -0.1) is 5.10 Å². The highest BCUT2D eigenvalue weighted by atomic mass is 32.2. The van der Waals surface area contributed by atoms with Crippen molar-refractivity contribution in [1.82, 2.24) is 24.5 Å². The van der Waals surface area contributed by atoms with Gasteiger partial charge in [0, 0.05) is 18.0 Å². The number of carbonyl (C=O) groups is 2. The van der Waals surface area contributed by atoms with Crippen LogP contribution in [0.15, 0.2) is 119 Å². The highest BCUT2D eigenvalue weighted by Crippen LogP contribution is 2.35. The van der Waals surface area contributed by atoms with Crippen LogP contribution in [-0.2, 0) is 14.8 Å². The van der Waals surface area contributed by atoms with E-state index >= 15 is 0 Å². The molecule has 0 radical (unpaired) electrons. The molecule has 210 valence electrons. The zero-order chi connectivity index (χ0) is 29.1. The number of carbonyl (C=O) groups excluding carboxylic acids is 2. The molecule has 0 aliphatic carbocycles. The molecule has 2 amide bonds. The Bertz CT molecular complexity index is 1810. The number of anilines is 1. The summed E-state index contributed by atoms with van der Waals surface area (Å²) in [6.45, 7) is 0. The summed E-state index contributed by atoms with van der Waals surface area (Å²) in [6.07, 6.45) is 0.163. The number of nitrogens with one attached hydrogen (secondary N) is 1. The van der Waals surface area contributed by atoms with Crippen molar-refractivity contribution in [3.8, 4) is 5.69 Å². The molecule has 6 rings (SSSR count). The Morgan fingerprint density at radius 1 is 0.857 bits per heavy atom. The maximum atomic E-state index is 13.3. The van der Waals surface area contributed by atoms with Crippen LogP contribution in [-0.4, -0.2) is 50.6 Å². The number of amides is 2. The molecule has 1 N–H and O–H groups in total. The van der Waals surface area contributed by atoms with E-state index in [1.165, 1.54) is 22.9 Å². The monoisotopic (exact) mass is 596 g/mol. The molecule has 10 nitrogen and oxygen atoms in total. The van der Waals surface area contributed by atoms with Crippen molar-refractivity contribution in [1.29, 1.82) is 0 Å². The third-order valence-electron chi connectivity index (χ3n) is 6.83. The molecule has 5 aromatic rings. The minimum atomic E-state index is -4.09. The van der Waals surface area contributed by atoms with Gasteiger partial charge in [0.2, 0.25) is 11.1 Å². The smallest absolute Gasteiger partial charge is 0.269 e. The molecule has 0 fully saturated rings. The van der Waals surface area contributed by atoms with Gasteiger partial charge in [-0.05, 0) is 51.9 Å². The fraction of sp³-hybridized carbons (Fsp3) is 0.100. The minimum absolute atomic E-state index is 0.00119. The third kappa shape index (κ3) is 5.41. The van der Waals surface area contributed by atoms with Gasteiger partial charge in [-0.1, -0.05) is 90.6 Å². The molecule has 1 aliphatic heterocycles. The zero-order valence-electron chi connectivity index (χ0n) is 22.1. The molecule has 12 heteroatoms. The molecule has 0 spiro atoms. The van der Waals surface area contributed by atoms with Crippen molar-refractivity contribution < 1.29 is 18.0 Å². The molecule has 4 aromatic carbocycles. The first kappa shape index (κ1) is 27.4. The topological polar surface area (TPSA) is 127 Å². The van der Waals surface area contributed by atoms with E-state index in [4.69, 9.17) is 0 Å². The lowest BCUT2D eigenvalue weighted by atomic mass is 9.88. The molecule has 1 aromatic heterocycles. The quantitative estimate of drug-likeness (QED) is 0.242. The maximum absolute atomic E-state index is 13.3. The van der Waals surface area contributed by atoms with Crippen molar-refractivity contribution in [3.05, 3.63) is 126 Å². The van der Waals surface area contributed by atoms with Crippen LogP contribution in [0.2, 0.25) is 0 Å². The number of fused-ring (bicyclic) bond motifs is 1. The number of sulfonamides is 1. The van der Waals surface area contributed by atoms with Gasteiger partial charge in [-0.3, -0.25) is 9.59 Å². The SMILES string of the molecule is O=C(CC(c1ccccc1)c1ccccc1)Nc1ccc2c(c1)C(=O)N(CSc1nnnn1-c1ccccc1)S2(=O)=O. The largest absolute Gasteiger partial charge is 0.326 e. The van der Waals surface area contributed by atoms with Crippen molar-refractivity contribution in [2.45, 2.75) is 22.4 Å². The first-order valence-electron chi connectivity index (χ1n) is 13.0. The number of tetrazole rings is 1. The Morgan fingerprint density at radius 2 is 1.48 bits per heavy atom. The van der Waals surface area contributed by atoms with Gasteiger partial charge in [-0.25, -0.2) is 12.7 Å². The predicted octanol–water partition coefficient (Wildman–Crippen LogP) is 4.72. The molecule has 0 saturated carbocycles. The van der Waals surface area contributed by atoms with Crippen molar-refractivity contribution in [3.63, 3.8) is 0 Å². The number of para-hydroxylation sites is 1. The first-order chi connectivity index (χ1) is 20.4. The summed E-state index contributed by atoms with van der Waals surface area (Å²) in [5, 5.41) is 14.8. The molecular formula is C30H24N6O4S2. The summed E-state index contributed by atoms with van der Waals surface area (Å²) in [5.41, 5.74) is 3.04. The van der Waals surface area contributed by atoms with Crippen LogP contribution < -0.4 is 5.32 Å². The fourth-order valence-electron chi connectivity index (χ4n) is 4.80. The Kier molecular flexibility index (Phi) is 7.55. The van der Waals surface area contributed by atoms with Crippen LogP contribution in [0.25, 0.3) is 5.69 Å². The zero-order valence-corrected chi connectivity index (χ0v) is 23.7. The number of nitrogens with zero attached hydrogens (tertiary/aromatic N) is 5. The van der Waals surface area contributed by atoms with E-state index in [0.29, 0.717) is 16.5 Å². The van der Waals surface area contributed by atoms with Gasteiger partial charge in [0.05, 0.1) is 17.1 Å². The van der Waals surface area contributed by atoms with Gasteiger partial charge in [-0.2, -0.15) is 4.68 Å². The number of hydrogen-bond donors (Lipinski definition) is 1. The second-order valence-corrected chi connectivity index (χ2v) is 12.2. The number of benzene rings is 4. The Balaban J connectivity index is 1.18. The van der Waals surface area contributed by atoms with Gasteiger partial charge < -0.3 is 5.32 Å². The second-order valence-electron chi connectivity index (χ2n) is 9.48. The highest BCUT2D eigenvalue weighted by Gasteiger charge is 2.41. The van der Waals surface area contributed by atoms with Crippen molar-refractivity contribution in [2.24, 2.45) is 0 Å². The summed E-state index contributed by atoms with van der Waals surface area (Å²) < 4.78 is 28.8. The summed E-state index contributed by atoms with van der Waals surface area (Å²) in [6, 6.07) is 32.9. The van der Waals surface area contributed by atoms with Gasteiger partial charge >= 0.3 is 0 Å². The second kappa shape index (κ2) is 11.6. The van der Waals surface area contributed by atoms with E-state index in [9.17, 15) is 18.0 Å². The summed E-state index contributed by atoms with van der Waals surface area (Å²) in [7, 11) is -4.09. The minimum Gasteiger partial charge on any atom is -0.326 e. The normalized spacial score (nSPS) is 13.7. The molecule has 0 saturated heterocycles. The Morgan fingerprint density at radius 3 is 2.12 bits per heavy atom. The summed E-state index contributed by atoms with van der Waals surface area (Å²) in [5.74, 6) is -1.34. The van der Waals surface area contributed by atoms with Crippen molar-refractivity contribution in [2.75, 3.05) is 11.2 Å². The molecule has 0 unspecified atom stereocenters. The standard InChI is InChI=1S/C30H24N6O4S2/c37-28(19-25(21-10-4-1-5-11-21)22-12-6-2-7-13-22)31-23-16-17-27-26(18-23)29(38)35(42(27,39)40)20-41-30-32-33-34-36(30)24-14-8-3-9-15-24/h1-18,25H,19-20H2,(H,31,37). The number of thioether (sulfide) groups is 1. The van der Waals surface area contributed by atoms with Crippen LogP contribution in [0.5, 0.6) is 0 Å². The van der Waals surface area contributed by atoms with Crippen LogP contribution in [0.4, 0.5) is 5.69 Å². The molecule has 2 heterocycles.